The van der Waals surface area contributed by atoms with Crippen molar-refractivity contribution < 1.29 is 9.53 Å². The molecule has 0 fully saturated rings. The highest BCUT2D eigenvalue weighted by Gasteiger charge is 2.33. The van der Waals surface area contributed by atoms with Gasteiger partial charge >= 0.3 is 0 Å². The van der Waals surface area contributed by atoms with Gasteiger partial charge < -0.3 is 9.30 Å². The SMILES string of the molecule is COc1ccc(C2=NN(C(=O)CSc3cn(Cc4cc(C)ccc4C)c4ccccc34)[C@H](c3ccc(C)cc3)C2)cc1. The highest BCUT2D eigenvalue weighted by molar-refractivity contribution is 8.00. The minimum absolute atomic E-state index is 0.000413. The van der Waals surface area contributed by atoms with Crippen molar-refractivity contribution >= 4 is 34.3 Å². The maximum atomic E-state index is 13.8. The first kappa shape index (κ1) is 27.9. The van der Waals surface area contributed by atoms with E-state index in [1.54, 1.807) is 23.9 Å². The summed E-state index contributed by atoms with van der Waals surface area (Å²) in [4.78, 5) is 14.9. The monoisotopic (exact) mass is 573 g/mol. The molecule has 1 aromatic heterocycles. The second-order valence-electron chi connectivity index (χ2n) is 11.0. The maximum absolute atomic E-state index is 13.8. The Bertz CT molecular complexity index is 1770. The number of aromatic nitrogens is 1. The summed E-state index contributed by atoms with van der Waals surface area (Å²) in [6.07, 6.45) is 2.86. The summed E-state index contributed by atoms with van der Waals surface area (Å²) in [6.45, 7) is 7.16. The second kappa shape index (κ2) is 11.9. The average Bonchev–Trinajstić information content (AvgIpc) is 3.61. The van der Waals surface area contributed by atoms with Crippen molar-refractivity contribution in [2.45, 2.75) is 44.7 Å². The van der Waals surface area contributed by atoms with Crippen LogP contribution in [0.1, 0.15) is 45.8 Å². The van der Waals surface area contributed by atoms with Crippen LogP contribution in [-0.2, 0) is 11.3 Å². The molecule has 1 aliphatic rings. The standard InChI is InChI=1S/C36H35N3O2S/c1-24-10-13-28(14-11-24)34-20-32(27-15-17-30(41-4)18-16-27)37-39(34)36(40)23-42-35-22-38(33-8-6-5-7-31(33)35)21-29-19-25(2)9-12-26(29)3/h5-19,22,34H,20-21,23H2,1-4H3/t34-/m0/s1. The summed E-state index contributed by atoms with van der Waals surface area (Å²) < 4.78 is 7.63. The lowest BCUT2D eigenvalue weighted by Gasteiger charge is -2.22. The Kier molecular flexibility index (Phi) is 7.90. The van der Waals surface area contributed by atoms with Crippen LogP contribution in [0.2, 0.25) is 0 Å². The summed E-state index contributed by atoms with van der Waals surface area (Å²) in [6, 6.07) is 31.2. The Morgan fingerprint density at radius 1 is 0.929 bits per heavy atom. The van der Waals surface area contributed by atoms with Gasteiger partial charge in [0.15, 0.2) is 0 Å². The van der Waals surface area contributed by atoms with E-state index in [0.29, 0.717) is 12.2 Å². The van der Waals surface area contributed by atoms with Crippen molar-refractivity contribution in [1.82, 2.24) is 9.58 Å². The van der Waals surface area contributed by atoms with Crippen molar-refractivity contribution in [3.05, 3.63) is 131 Å². The van der Waals surface area contributed by atoms with Crippen LogP contribution in [0.4, 0.5) is 0 Å². The van der Waals surface area contributed by atoms with Crippen LogP contribution in [0.15, 0.2) is 107 Å². The third-order valence-electron chi connectivity index (χ3n) is 8.00. The highest BCUT2D eigenvalue weighted by atomic mass is 32.2. The Hall–Kier alpha value is -4.29. The van der Waals surface area contributed by atoms with E-state index in [2.05, 4.69) is 98.3 Å². The smallest absolute Gasteiger partial charge is 0.253 e. The quantitative estimate of drug-likeness (QED) is 0.176. The molecule has 2 heterocycles. The van der Waals surface area contributed by atoms with Gasteiger partial charge in [0.1, 0.15) is 5.75 Å². The molecule has 4 aromatic carbocycles. The number of carbonyl (C=O) groups is 1. The van der Waals surface area contributed by atoms with Gasteiger partial charge in [-0.05, 0) is 73.4 Å². The van der Waals surface area contributed by atoms with Crippen LogP contribution in [0.3, 0.4) is 0 Å². The molecule has 5 nitrogen and oxygen atoms in total. The lowest BCUT2D eigenvalue weighted by molar-refractivity contribution is -0.130. The Morgan fingerprint density at radius 2 is 1.67 bits per heavy atom. The fourth-order valence-electron chi connectivity index (χ4n) is 5.57. The van der Waals surface area contributed by atoms with E-state index in [1.165, 1.54) is 33.2 Å². The van der Waals surface area contributed by atoms with Crippen molar-refractivity contribution in [2.24, 2.45) is 5.10 Å². The molecule has 1 atom stereocenters. The van der Waals surface area contributed by atoms with Crippen LogP contribution >= 0.6 is 11.8 Å². The molecule has 6 rings (SSSR count). The molecule has 1 amide bonds. The molecule has 5 aromatic rings. The molecule has 0 saturated carbocycles. The molecule has 0 unspecified atom stereocenters. The number of hydrogen-bond acceptors (Lipinski definition) is 4. The Labute approximate surface area is 251 Å². The van der Waals surface area contributed by atoms with Crippen molar-refractivity contribution in [2.75, 3.05) is 12.9 Å². The zero-order valence-corrected chi connectivity index (χ0v) is 25.3. The van der Waals surface area contributed by atoms with Gasteiger partial charge in [-0.25, -0.2) is 5.01 Å². The number of para-hydroxylation sites is 1. The molecule has 1 aliphatic heterocycles. The van der Waals surface area contributed by atoms with E-state index in [1.807, 2.05) is 24.3 Å². The average molecular weight is 574 g/mol. The molecular formula is C36H35N3O2S. The number of hydrogen-bond donors (Lipinski definition) is 0. The van der Waals surface area contributed by atoms with Crippen LogP contribution in [0, 0.1) is 20.8 Å². The highest BCUT2D eigenvalue weighted by Crippen LogP contribution is 2.36. The van der Waals surface area contributed by atoms with Gasteiger partial charge in [0.2, 0.25) is 0 Å². The molecule has 6 heteroatoms. The first-order valence-electron chi connectivity index (χ1n) is 14.3. The van der Waals surface area contributed by atoms with Crippen LogP contribution in [-0.4, -0.2) is 34.1 Å². The van der Waals surface area contributed by atoms with Crippen LogP contribution in [0.5, 0.6) is 5.75 Å². The van der Waals surface area contributed by atoms with Gasteiger partial charge in [-0.15, -0.1) is 11.8 Å². The number of fused-ring (bicyclic) bond motifs is 1. The number of carbonyl (C=O) groups excluding carboxylic acids is 1. The van der Waals surface area contributed by atoms with Crippen molar-refractivity contribution in [3.63, 3.8) is 0 Å². The predicted octanol–water partition coefficient (Wildman–Crippen LogP) is 8.09. The van der Waals surface area contributed by atoms with Gasteiger partial charge in [-0.1, -0.05) is 71.8 Å². The maximum Gasteiger partial charge on any atom is 0.253 e. The number of thioether (sulfide) groups is 1. The van der Waals surface area contributed by atoms with Gasteiger partial charge in [0, 0.05) is 35.0 Å². The minimum Gasteiger partial charge on any atom is -0.497 e. The largest absolute Gasteiger partial charge is 0.497 e. The number of amides is 1. The summed E-state index contributed by atoms with van der Waals surface area (Å²) in [7, 11) is 1.66. The predicted molar refractivity (Wildman–Crippen MR) is 173 cm³/mol. The third-order valence-corrected chi connectivity index (χ3v) is 9.03. The molecule has 0 spiro atoms. The normalized spacial score (nSPS) is 14.8. The van der Waals surface area contributed by atoms with Crippen LogP contribution in [0.25, 0.3) is 10.9 Å². The number of nitrogens with zero attached hydrogens (tertiary/aromatic N) is 3. The minimum atomic E-state index is -0.138. The summed E-state index contributed by atoms with van der Waals surface area (Å²) in [5, 5.41) is 7.76. The first-order valence-corrected chi connectivity index (χ1v) is 15.3. The zero-order chi connectivity index (χ0) is 29.2. The fraction of sp³-hybridized carbons (Fsp3) is 0.222. The number of aryl methyl sites for hydroxylation is 3. The van der Waals surface area contributed by atoms with Gasteiger partial charge in [-0.2, -0.15) is 5.10 Å². The lowest BCUT2D eigenvalue weighted by atomic mass is 9.97. The number of benzene rings is 4. The van der Waals surface area contributed by atoms with E-state index >= 15 is 0 Å². The summed E-state index contributed by atoms with van der Waals surface area (Å²) in [5.41, 5.74) is 9.22. The molecule has 0 N–H and O–H groups in total. The summed E-state index contributed by atoms with van der Waals surface area (Å²) >= 11 is 1.59. The lowest BCUT2D eigenvalue weighted by Crippen LogP contribution is -2.28. The summed E-state index contributed by atoms with van der Waals surface area (Å²) in [5.74, 6) is 1.10. The molecule has 0 radical (unpaired) electrons. The molecule has 42 heavy (non-hydrogen) atoms. The van der Waals surface area contributed by atoms with Gasteiger partial charge in [0.25, 0.3) is 5.91 Å². The molecule has 0 aliphatic carbocycles. The first-order chi connectivity index (χ1) is 20.4. The van der Waals surface area contributed by atoms with E-state index in [0.717, 1.165) is 34.0 Å². The Morgan fingerprint density at radius 3 is 2.43 bits per heavy atom. The molecule has 212 valence electrons. The number of methoxy groups -OCH3 is 1. The third kappa shape index (κ3) is 5.72. The zero-order valence-electron chi connectivity index (χ0n) is 24.5. The Balaban J connectivity index is 1.26. The van der Waals surface area contributed by atoms with Crippen molar-refractivity contribution in [3.8, 4) is 5.75 Å². The number of ether oxygens (including phenoxy) is 1. The van der Waals surface area contributed by atoms with E-state index in [9.17, 15) is 4.79 Å². The molecular weight excluding hydrogens is 538 g/mol. The molecule has 0 bridgehead atoms. The molecule has 0 saturated heterocycles. The van der Waals surface area contributed by atoms with E-state index in [4.69, 9.17) is 9.84 Å². The number of rotatable bonds is 8. The van der Waals surface area contributed by atoms with Crippen LogP contribution < -0.4 is 4.74 Å². The topological polar surface area (TPSA) is 46.8 Å². The van der Waals surface area contributed by atoms with Gasteiger partial charge in [-0.3, -0.25) is 4.79 Å². The van der Waals surface area contributed by atoms with E-state index in [-0.39, 0.29) is 11.9 Å². The second-order valence-corrected chi connectivity index (χ2v) is 12.0. The van der Waals surface area contributed by atoms with Gasteiger partial charge in [0.05, 0.1) is 24.6 Å². The fourth-order valence-corrected chi connectivity index (χ4v) is 6.51. The number of hydrazone groups is 1. The van der Waals surface area contributed by atoms with Crippen molar-refractivity contribution in [1.29, 1.82) is 0 Å². The van der Waals surface area contributed by atoms with E-state index < -0.39 is 0 Å².